The van der Waals surface area contributed by atoms with Gasteiger partial charge in [-0.15, -0.1) is 0 Å². The predicted molar refractivity (Wildman–Crippen MR) is 58.8 cm³/mol. The molecule has 0 spiro atoms. The van der Waals surface area contributed by atoms with E-state index in [1.807, 2.05) is 13.0 Å². The molecule has 0 aliphatic heterocycles. The summed E-state index contributed by atoms with van der Waals surface area (Å²) in [6, 6.07) is 8.15. The quantitative estimate of drug-likeness (QED) is 0.722. The molecule has 2 aromatic rings. The first kappa shape index (κ1) is 9.65. The molecule has 76 valence electrons. The lowest BCUT2D eigenvalue weighted by Crippen LogP contribution is -1.90. The molecule has 0 unspecified atom stereocenters. The van der Waals surface area contributed by atoms with E-state index in [0.29, 0.717) is 11.3 Å². The first-order valence-corrected chi connectivity index (χ1v) is 4.65. The third-order valence-electron chi connectivity index (χ3n) is 2.20. The van der Waals surface area contributed by atoms with Crippen LogP contribution < -0.4 is 5.73 Å². The molecule has 15 heavy (non-hydrogen) atoms. The maximum absolute atomic E-state index is 13.5. The van der Waals surface area contributed by atoms with Gasteiger partial charge in [-0.2, -0.15) is 0 Å². The van der Waals surface area contributed by atoms with Crippen molar-refractivity contribution in [3.8, 4) is 11.1 Å². The normalized spacial score (nSPS) is 10.3. The number of rotatable bonds is 1. The van der Waals surface area contributed by atoms with E-state index in [4.69, 9.17) is 5.73 Å². The van der Waals surface area contributed by atoms with Crippen LogP contribution in [0.5, 0.6) is 0 Å². The second-order valence-corrected chi connectivity index (χ2v) is 3.43. The van der Waals surface area contributed by atoms with E-state index in [1.165, 1.54) is 6.07 Å². The summed E-state index contributed by atoms with van der Waals surface area (Å²) in [4.78, 5) is 4.06. The third kappa shape index (κ3) is 1.96. The monoisotopic (exact) mass is 202 g/mol. The number of hydrogen-bond acceptors (Lipinski definition) is 2. The van der Waals surface area contributed by atoms with E-state index in [1.54, 1.807) is 24.4 Å². The van der Waals surface area contributed by atoms with Crippen LogP contribution in [0.25, 0.3) is 11.1 Å². The van der Waals surface area contributed by atoms with Gasteiger partial charge in [0.2, 0.25) is 0 Å². The van der Waals surface area contributed by atoms with Crippen LogP contribution in [0.1, 0.15) is 5.69 Å². The van der Waals surface area contributed by atoms with E-state index in [-0.39, 0.29) is 5.82 Å². The molecule has 1 heterocycles. The third-order valence-corrected chi connectivity index (χ3v) is 2.20. The summed E-state index contributed by atoms with van der Waals surface area (Å²) >= 11 is 0. The van der Waals surface area contributed by atoms with Gasteiger partial charge in [-0.05, 0) is 42.8 Å². The van der Waals surface area contributed by atoms with Crippen molar-refractivity contribution in [2.45, 2.75) is 6.92 Å². The Labute approximate surface area is 87.6 Å². The zero-order chi connectivity index (χ0) is 10.8. The minimum absolute atomic E-state index is 0.269. The zero-order valence-electron chi connectivity index (χ0n) is 8.37. The number of anilines is 1. The maximum Gasteiger partial charge on any atom is 0.131 e. The smallest absolute Gasteiger partial charge is 0.131 e. The van der Waals surface area contributed by atoms with E-state index in [2.05, 4.69) is 4.98 Å². The van der Waals surface area contributed by atoms with E-state index >= 15 is 0 Å². The molecule has 2 rings (SSSR count). The summed E-state index contributed by atoms with van der Waals surface area (Å²) in [7, 11) is 0. The molecule has 0 aliphatic rings. The van der Waals surface area contributed by atoms with E-state index in [9.17, 15) is 4.39 Å². The standard InChI is InChI=1S/C12H11FN2/c1-8-6-9(4-5-15-8)11-7-10(14)2-3-12(11)13/h2-7H,14H2,1H3. The molecule has 0 amide bonds. The van der Waals surface area contributed by atoms with Gasteiger partial charge in [-0.1, -0.05) is 0 Å². The number of aryl methyl sites for hydroxylation is 1. The molecule has 0 saturated heterocycles. The van der Waals surface area contributed by atoms with Gasteiger partial charge in [0.25, 0.3) is 0 Å². The number of pyridine rings is 1. The topological polar surface area (TPSA) is 38.9 Å². The second kappa shape index (κ2) is 3.69. The number of halogens is 1. The lowest BCUT2D eigenvalue weighted by Gasteiger charge is -2.05. The predicted octanol–water partition coefficient (Wildman–Crippen LogP) is 2.78. The van der Waals surface area contributed by atoms with Crippen molar-refractivity contribution in [2.24, 2.45) is 0 Å². The highest BCUT2D eigenvalue weighted by atomic mass is 19.1. The largest absolute Gasteiger partial charge is 0.399 e. The molecule has 0 aliphatic carbocycles. The van der Waals surface area contributed by atoms with Crippen molar-refractivity contribution < 1.29 is 4.39 Å². The number of aromatic nitrogens is 1. The fourth-order valence-electron chi connectivity index (χ4n) is 1.48. The van der Waals surface area contributed by atoms with Gasteiger partial charge in [0, 0.05) is 23.1 Å². The zero-order valence-corrected chi connectivity index (χ0v) is 8.37. The number of nitrogen functional groups attached to an aromatic ring is 1. The van der Waals surface area contributed by atoms with Gasteiger partial charge in [0.05, 0.1) is 0 Å². The minimum Gasteiger partial charge on any atom is -0.399 e. The Bertz CT molecular complexity index is 495. The molecule has 0 radical (unpaired) electrons. The highest BCUT2D eigenvalue weighted by Gasteiger charge is 2.05. The van der Waals surface area contributed by atoms with E-state index in [0.717, 1.165) is 11.3 Å². The molecule has 3 heteroatoms. The molecular formula is C12H11FN2. The molecule has 2 N–H and O–H groups in total. The van der Waals surface area contributed by atoms with Crippen LogP contribution in [0.15, 0.2) is 36.5 Å². The number of nitrogens with two attached hydrogens (primary N) is 1. The lowest BCUT2D eigenvalue weighted by molar-refractivity contribution is 0.631. The molecule has 0 saturated carbocycles. The van der Waals surface area contributed by atoms with Crippen molar-refractivity contribution in [2.75, 3.05) is 5.73 Å². The molecule has 0 fully saturated rings. The molecule has 2 nitrogen and oxygen atoms in total. The summed E-state index contributed by atoms with van der Waals surface area (Å²) < 4.78 is 13.5. The Morgan fingerprint density at radius 2 is 2.00 bits per heavy atom. The Balaban J connectivity index is 2.58. The van der Waals surface area contributed by atoms with Crippen LogP contribution in [0, 0.1) is 12.7 Å². The van der Waals surface area contributed by atoms with Crippen LogP contribution in [-0.4, -0.2) is 4.98 Å². The Kier molecular flexibility index (Phi) is 2.37. The van der Waals surface area contributed by atoms with Crippen molar-refractivity contribution in [3.05, 3.63) is 48.0 Å². The summed E-state index contributed by atoms with van der Waals surface area (Å²) in [5.41, 5.74) is 8.35. The fraction of sp³-hybridized carbons (Fsp3) is 0.0833. The second-order valence-electron chi connectivity index (χ2n) is 3.43. The summed E-state index contributed by atoms with van der Waals surface area (Å²) in [5, 5.41) is 0. The highest BCUT2D eigenvalue weighted by Crippen LogP contribution is 2.24. The van der Waals surface area contributed by atoms with Crippen molar-refractivity contribution in [3.63, 3.8) is 0 Å². The first-order chi connectivity index (χ1) is 7.16. The van der Waals surface area contributed by atoms with Crippen LogP contribution in [0.4, 0.5) is 10.1 Å². The van der Waals surface area contributed by atoms with Crippen molar-refractivity contribution in [1.82, 2.24) is 4.98 Å². The van der Waals surface area contributed by atoms with Crippen LogP contribution in [0.3, 0.4) is 0 Å². The Hall–Kier alpha value is -1.90. The summed E-state index contributed by atoms with van der Waals surface area (Å²) in [6.45, 7) is 1.87. The average Bonchev–Trinajstić information content (AvgIpc) is 2.22. The summed E-state index contributed by atoms with van der Waals surface area (Å²) in [5.74, 6) is -0.269. The van der Waals surface area contributed by atoms with Gasteiger partial charge in [0.1, 0.15) is 5.82 Å². The van der Waals surface area contributed by atoms with Crippen LogP contribution >= 0.6 is 0 Å². The van der Waals surface area contributed by atoms with Gasteiger partial charge in [0.15, 0.2) is 0 Å². The fourth-order valence-corrected chi connectivity index (χ4v) is 1.48. The number of nitrogens with zero attached hydrogens (tertiary/aromatic N) is 1. The van der Waals surface area contributed by atoms with Crippen LogP contribution in [0.2, 0.25) is 0 Å². The molecule has 0 atom stereocenters. The SMILES string of the molecule is Cc1cc(-c2cc(N)ccc2F)ccn1. The molecule has 1 aromatic carbocycles. The molecule has 0 bridgehead atoms. The Morgan fingerprint density at radius 3 is 2.73 bits per heavy atom. The number of hydrogen-bond donors (Lipinski definition) is 1. The summed E-state index contributed by atoms with van der Waals surface area (Å²) in [6.07, 6.45) is 1.66. The number of benzene rings is 1. The average molecular weight is 202 g/mol. The van der Waals surface area contributed by atoms with Gasteiger partial charge in [-0.25, -0.2) is 4.39 Å². The molecule has 1 aromatic heterocycles. The van der Waals surface area contributed by atoms with Gasteiger partial charge in [-0.3, -0.25) is 4.98 Å². The Morgan fingerprint density at radius 1 is 1.20 bits per heavy atom. The lowest BCUT2D eigenvalue weighted by atomic mass is 10.1. The van der Waals surface area contributed by atoms with Crippen molar-refractivity contribution >= 4 is 5.69 Å². The first-order valence-electron chi connectivity index (χ1n) is 4.65. The van der Waals surface area contributed by atoms with Gasteiger partial charge >= 0.3 is 0 Å². The minimum atomic E-state index is -0.269. The van der Waals surface area contributed by atoms with Crippen LogP contribution in [-0.2, 0) is 0 Å². The van der Waals surface area contributed by atoms with Crippen molar-refractivity contribution in [1.29, 1.82) is 0 Å². The molecular weight excluding hydrogens is 191 g/mol. The van der Waals surface area contributed by atoms with E-state index < -0.39 is 0 Å². The van der Waals surface area contributed by atoms with Gasteiger partial charge < -0.3 is 5.73 Å². The highest BCUT2D eigenvalue weighted by molar-refractivity contribution is 5.67. The maximum atomic E-state index is 13.5.